The van der Waals surface area contributed by atoms with E-state index in [1.165, 1.54) is 12.7 Å². The second kappa shape index (κ2) is 11.8. The van der Waals surface area contributed by atoms with Crippen LogP contribution in [0.3, 0.4) is 0 Å². The van der Waals surface area contributed by atoms with E-state index in [9.17, 15) is 9.59 Å². The van der Waals surface area contributed by atoms with Gasteiger partial charge in [0, 0.05) is 19.1 Å². The number of likely N-dealkylation sites (N-methyl/N-ethyl adjacent to an activating group) is 1. The second-order valence-electron chi connectivity index (χ2n) is 9.26. The van der Waals surface area contributed by atoms with Crippen molar-refractivity contribution in [3.63, 3.8) is 0 Å². The van der Waals surface area contributed by atoms with E-state index in [0.29, 0.717) is 13.1 Å². The molecule has 35 heavy (non-hydrogen) atoms. The molecular formula is C30H34N2O3. The molecule has 0 unspecified atom stereocenters. The van der Waals surface area contributed by atoms with Crippen molar-refractivity contribution in [1.82, 2.24) is 9.80 Å². The van der Waals surface area contributed by atoms with Gasteiger partial charge in [-0.2, -0.15) is 0 Å². The highest BCUT2D eigenvalue weighted by Gasteiger charge is 2.43. The fourth-order valence-electron chi connectivity index (χ4n) is 5.09. The normalized spacial score (nSPS) is 17.7. The maximum Gasteiger partial charge on any atom is 0.312 e. The van der Waals surface area contributed by atoms with E-state index in [1.54, 1.807) is 0 Å². The van der Waals surface area contributed by atoms with E-state index in [-0.39, 0.29) is 23.8 Å². The fourth-order valence-corrected chi connectivity index (χ4v) is 5.09. The van der Waals surface area contributed by atoms with Crippen LogP contribution in [0.2, 0.25) is 0 Å². The molecule has 4 rings (SSSR count). The Bertz CT molecular complexity index is 1050. The standard InChI is InChI=1S/C30H34N2O3/c1-31(20-12-15-23-13-6-3-7-14-23)27-22-32(21-26(27)30(34)35-2)29(33)28(24-16-8-4-9-17-24)25-18-10-5-11-19-25/h3-11,13-14,16-19,26-28H,12,15,20-22H2,1-2H3/t26-,27-/m0/s1. The fraction of sp³-hybridized carbons (Fsp3) is 0.333. The number of amides is 1. The molecule has 0 aromatic heterocycles. The van der Waals surface area contributed by atoms with Crippen molar-refractivity contribution < 1.29 is 14.3 Å². The molecule has 0 N–H and O–H groups in total. The predicted octanol–water partition coefficient (Wildman–Crippen LogP) is 4.38. The summed E-state index contributed by atoms with van der Waals surface area (Å²) in [4.78, 5) is 30.7. The summed E-state index contributed by atoms with van der Waals surface area (Å²) < 4.78 is 5.14. The Labute approximate surface area is 208 Å². The summed E-state index contributed by atoms with van der Waals surface area (Å²) in [7, 11) is 3.47. The zero-order valence-electron chi connectivity index (χ0n) is 20.5. The average Bonchev–Trinajstić information content (AvgIpc) is 3.36. The highest BCUT2D eigenvalue weighted by molar-refractivity contribution is 5.88. The van der Waals surface area contributed by atoms with E-state index < -0.39 is 5.92 Å². The molecule has 1 aliphatic rings. The first-order chi connectivity index (χ1) is 17.1. The SMILES string of the molecule is COC(=O)[C@H]1CN(C(=O)C(c2ccccc2)c2ccccc2)C[C@@H]1N(C)CCCc1ccccc1. The van der Waals surface area contributed by atoms with E-state index in [0.717, 1.165) is 30.5 Å². The topological polar surface area (TPSA) is 49.9 Å². The van der Waals surface area contributed by atoms with Gasteiger partial charge in [-0.3, -0.25) is 9.59 Å². The van der Waals surface area contributed by atoms with Crippen molar-refractivity contribution in [2.45, 2.75) is 24.8 Å². The maximum atomic E-state index is 13.9. The van der Waals surface area contributed by atoms with Crippen LogP contribution in [-0.2, 0) is 20.7 Å². The Kier molecular flexibility index (Phi) is 8.32. The largest absolute Gasteiger partial charge is 0.469 e. The molecule has 5 heteroatoms. The quantitative estimate of drug-likeness (QED) is 0.436. The number of rotatable bonds is 9. The lowest BCUT2D eigenvalue weighted by Crippen LogP contribution is -2.42. The van der Waals surface area contributed by atoms with Crippen molar-refractivity contribution in [3.8, 4) is 0 Å². The highest BCUT2D eigenvalue weighted by Crippen LogP contribution is 2.31. The Morgan fingerprint density at radius 2 is 1.43 bits per heavy atom. The summed E-state index contributed by atoms with van der Waals surface area (Å²) in [5, 5.41) is 0. The lowest BCUT2D eigenvalue weighted by molar-refractivity contribution is -0.146. The minimum absolute atomic E-state index is 0.0245. The monoisotopic (exact) mass is 470 g/mol. The summed E-state index contributed by atoms with van der Waals surface area (Å²) in [6.07, 6.45) is 1.96. The number of likely N-dealkylation sites (tertiary alicyclic amines) is 1. The Balaban J connectivity index is 1.50. The molecule has 1 amide bonds. The van der Waals surface area contributed by atoms with Gasteiger partial charge >= 0.3 is 5.97 Å². The number of benzene rings is 3. The van der Waals surface area contributed by atoms with Gasteiger partial charge in [0.2, 0.25) is 5.91 Å². The van der Waals surface area contributed by atoms with Crippen molar-refractivity contribution >= 4 is 11.9 Å². The third-order valence-corrected chi connectivity index (χ3v) is 7.00. The van der Waals surface area contributed by atoms with Crippen LogP contribution in [0.4, 0.5) is 0 Å². The van der Waals surface area contributed by atoms with E-state index in [4.69, 9.17) is 4.74 Å². The number of carbonyl (C=O) groups excluding carboxylic acids is 2. The Morgan fingerprint density at radius 3 is 1.97 bits per heavy atom. The van der Waals surface area contributed by atoms with Crippen LogP contribution in [0.5, 0.6) is 0 Å². The van der Waals surface area contributed by atoms with Gasteiger partial charge in [0.1, 0.15) is 0 Å². The van der Waals surface area contributed by atoms with Crippen molar-refractivity contribution in [2.75, 3.05) is 33.8 Å². The third kappa shape index (κ3) is 5.98. The van der Waals surface area contributed by atoms with Gasteiger partial charge in [-0.15, -0.1) is 0 Å². The lowest BCUT2D eigenvalue weighted by Gasteiger charge is -2.28. The van der Waals surface area contributed by atoms with Crippen LogP contribution in [0.1, 0.15) is 29.0 Å². The molecule has 182 valence electrons. The molecule has 1 saturated heterocycles. The maximum absolute atomic E-state index is 13.9. The van der Waals surface area contributed by atoms with E-state index in [1.807, 2.05) is 78.7 Å². The van der Waals surface area contributed by atoms with Crippen molar-refractivity contribution in [3.05, 3.63) is 108 Å². The highest BCUT2D eigenvalue weighted by atomic mass is 16.5. The molecule has 1 heterocycles. The van der Waals surface area contributed by atoms with Crippen LogP contribution >= 0.6 is 0 Å². The van der Waals surface area contributed by atoms with Gasteiger partial charge in [-0.25, -0.2) is 0 Å². The summed E-state index contributed by atoms with van der Waals surface area (Å²) >= 11 is 0. The molecule has 0 aliphatic carbocycles. The number of hydrogen-bond donors (Lipinski definition) is 0. The van der Waals surface area contributed by atoms with Gasteiger partial charge < -0.3 is 14.5 Å². The number of nitrogens with zero attached hydrogens (tertiary/aromatic N) is 2. The van der Waals surface area contributed by atoms with Crippen LogP contribution in [-0.4, -0.2) is 61.5 Å². The number of esters is 1. The molecule has 0 saturated carbocycles. The molecule has 0 bridgehead atoms. The number of carbonyl (C=O) groups is 2. The summed E-state index contributed by atoms with van der Waals surface area (Å²) in [6, 6.07) is 30.1. The molecule has 0 radical (unpaired) electrons. The molecule has 0 spiro atoms. The second-order valence-corrected chi connectivity index (χ2v) is 9.26. The molecule has 2 atom stereocenters. The van der Waals surface area contributed by atoms with E-state index in [2.05, 4.69) is 29.2 Å². The molecule has 1 fully saturated rings. The third-order valence-electron chi connectivity index (χ3n) is 7.00. The first-order valence-corrected chi connectivity index (χ1v) is 12.3. The molecule has 1 aliphatic heterocycles. The Morgan fingerprint density at radius 1 is 0.886 bits per heavy atom. The first-order valence-electron chi connectivity index (χ1n) is 12.3. The summed E-state index contributed by atoms with van der Waals surface area (Å²) in [5.74, 6) is -0.997. The van der Waals surface area contributed by atoms with Gasteiger partial charge in [0.15, 0.2) is 0 Å². The molecular weight excluding hydrogens is 436 g/mol. The van der Waals surface area contributed by atoms with Crippen LogP contribution in [0, 0.1) is 5.92 Å². The first kappa shape index (κ1) is 24.7. The minimum Gasteiger partial charge on any atom is -0.469 e. The Hall–Kier alpha value is -3.44. The summed E-state index contributed by atoms with van der Waals surface area (Å²) in [5.41, 5.74) is 3.22. The van der Waals surface area contributed by atoms with Crippen molar-refractivity contribution in [1.29, 1.82) is 0 Å². The number of ether oxygens (including phenoxy) is 1. The smallest absolute Gasteiger partial charge is 0.312 e. The molecule has 5 nitrogen and oxygen atoms in total. The zero-order chi connectivity index (χ0) is 24.6. The van der Waals surface area contributed by atoms with Crippen LogP contribution < -0.4 is 0 Å². The van der Waals surface area contributed by atoms with Gasteiger partial charge in [-0.05, 0) is 43.1 Å². The van der Waals surface area contributed by atoms with Gasteiger partial charge in [0.05, 0.1) is 18.9 Å². The zero-order valence-corrected chi connectivity index (χ0v) is 20.5. The minimum atomic E-state index is -0.405. The number of aryl methyl sites for hydroxylation is 1. The van der Waals surface area contributed by atoms with Crippen LogP contribution in [0.15, 0.2) is 91.0 Å². The predicted molar refractivity (Wildman–Crippen MR) is 138 cm³/mol. The van der Waals surface area contributed by atoms with Gasteiger partial charge in [0.25, 0.3) is 0 Å². The average molecular weight is 471 g/mol. The van der Waals surface area contributed by atoms with E-state index >= 15 is 0 Å². The number of methoxy groups -OCH3 is 1. The van der Waals surface area contributed by atoms with Crippen molar-refractivity contribution in [2.24, 2.45) is 5.92 Å². The molecule has 3 aromatic rings. The molecule has 3 aromatic carbocycles. The summed E-state index contributed by atoms with van der Waals surface area (Å²) in [6.45, 7) is 1.72. The van der Waals surface area contributed by atoms with Gasteiger partial charge in [-0.1, -0.05) is 91.0 Å². The van der Waals surface area contributed by atoms with Crippen LogP contribution in [0.25, 0.3) is 0 Å². The number of hydrogen-bond acceptors (Lipinski definition) is 4. The lowest BCUT2D eigenvalue weighted by atomic mass is 9.90.